The molecule has 0 saturated carbocycles. The Labute approximate surface area is 68.5 Å². The number of hydrogen-bond acceptors (Lipinski definition) is 3. The zero-order chi connectivity index (χ0) is 8.72. The Hall–Kier alpha value is -1.16. The molecule has 64 valence electrons. The topological polar surface area (TPSA) is 53.4 Å². The summed E-state index contributed by atoms with van der Waals surface area (Å²) in [6, 6.07) is 0. The minimum Gasteiger partial charge on any atom is -0.506 e. The van der Waals surface area contributed by atoms with Gasteiger partial charge in [0.2, 0.25) is 0 Å². The van der Waals surface area contributed by atoms with E-state index < -0.39 is 12.3 Å². The van der Waals surface area contributed by atoms with E-state index in [1.54, 1.807) is 0 Å². The van der Waals surface area contributed by atoms with E-state index in [1.807, 2.05) is 0 Å². The summed E-state index contributed by atoms with van der Waals surface area (Å²) in [5.74, 6) is -0.0355. The van der Waals surface area contributed by atoms with Crippen molar-refractivity contribution < 1.29 is 14.6 Å². The molecule has 2 rings (SSSR count). The van der Waals surface area contributed by atoms with Crippen molar-refractivity contribution in [2.75, 3.05) is 0 Å². The molecule has 0 radical (unpaired) electrons. The van der Waals surface area contributed by atoms with Gasteiger partial charge in [0.05, 0.1) is 6.20 Å². The quantitative estimate of drug-likeness (QED) is 0.601. The fourth-order valence-corrected chi connectivity index (χ4v) is 1.47. The zero-order valence-corrected chi connectivity index (χ0v) is 6.24. The molecule has 4 heteroatoms. The first kappa shape index (κ1) is 7.49. The standard InChI is InChI=1S/C8H8FNO2/c9-6-1-4-5(8(6)12)2-10-3-7(4)11/h2-3,6,8,11-12H,1H2/t6-,8?/m1/s1. The molecule has 1 unspecified atom stereocenters. The van der Waals surface area contributed by atoms with Gasteiger partial charge in [-0.25, -0.2) is 4.39 Å². The Morgan fingerprint density at radius 2 is 2.25 bits per heavy atom. The van der Waals surface area contributed by atoms with Crippen LogP contribution in [0.5, 0.6) is 5.75 Å². The highest BCUT2D eigenvalue weighted by atomic mass is 19.1. The van der Waals surface area contributed by atoms with Gasteiger partial charge in [0.25, 0.3) is 0 Å². The number of nitrogens with zero attached hydrogens (tertiary/aromatic N) is 1. The predicted octanol–water partition coefficient (Wildman–Crippen LogP) is 0.715. The molecule has 1 aliphatic carbocycles. The second-order valence-electron chi connectivity index (χ2n) is 2.89. The van der Waals surface area contributed by atoms with Gasteiger partial charge >= 0.3 is 0 Å². The van der Waals surface area contributed by atoms with E-state index in [2.05, 4.69) is 4.98 Å². The summed E-state index contributed by atoms with van der Waals surface area (Å²) < 4.78 is 12.9. The number of halogens is 1. The molecule has 1 heterocycles. The molecule has 0 fully saturated rings. The van der Waals surface area contributed by atoms with E-state index in [1.165, 1.54) is 12.4 Å². The number of fused-ring (bicyclic) bond motifs is 1. The Morgan fingerprint density at radius 1 is 1.50 bits per heavy atom. The highest BCUT2D eigenvalue weighted by molar-refractivity contribution is 5.42. The van der Waals surface area contributed by atoms with Crippen LogP contribution in [0.3, 0.4) is 0 Å². The fraction of sp³-hybridized carbons (Fsp3) is 0.375. The third-order valence-corrected chi connectivity index (χ3v) is 2.13. The van der Waals surface area contributed by atoms with E-state index in [0.717, 1.165) is 0 Å². The number of aliphatic hydroxyl groups is 1. The van der Waals surface area contributed by atoms with Gasteiger partial charge in [-0.05, 0) is 0 Å². The molecule has 1 aromatic heterocycles. The van der Waals surface area contributed by atoms with Crippen LogP contribution in [0.25, 0.3) is 0 Å². The van der Waals surface area contributed by atoms with Crippen molar-refractivity contribution >= 4 is 0 Å². The minimum atomic E-state index is -1.31. The van der Waals surface area contributed by atoms with Crippen molar-refractivity contribution in [3.8, 4) is 5.75 Å². The number of pyridine rings is 1. The molecule has 0 spiro atoms. The van der Waals surface area contributed by atoms with Gasteiger partial charge in [-0.1, -0.05) is 0 Å². The largest absolute Gasteiger partial charge is 0.506 e. The van der Waals surface area contributed by atoms with Gasteiger partial charge in [-0.3, -0.25) is 4.98 Å². The molecule has 0 aliphatic heterocycles. The smallest absolute Gasteiger partial charge is 0.137 e. The van der Waals surface area contributed by atoms with Crippen LogP contribution >= 0.6 is 0 Å². The first-order valence-corrected chi connectivity index (χ1v) is 3.68. The Balaban J connectivity index is 2.53. The van der Waals surface area contributed by atoms with Crippen LogP contribution in [-0.4, -0.2) is 21.4 Å². The molecule has 3 nitrogen and oxygen atoms in total. The van der Waals surface area contributed by atoms with Gasteiger partial charge in [0, 0.05) is 23.7 Å². The second-order valence-corrected chi connectivity index (χ2v) is 2.89. The van der Waals surface area contributed by atoms with Crippen LogP contribution in [0.15, 0.2) is 12.4 Å². The van der Waals surface area contributed by atoms with Gasteiger partial charge in [0.15, 0.2) is 0 Å². The zero-order valence-electron chi connectivity index (χ0n) is 6.24. The van der Waals surface area contributed by atoms with E-state index in [4.69, 9.17) is 0 Å². The molecule has 0 aromatic carbocycles. The summed E-state index contributed by atoms with van der Waals surface area (Å²) in [6.07, 6.45) is 0.281. The van der Waals surface area contributed by atoms with Gasteiger partial charge < -0.3 is 10.2 Å². The number of rotatable bonds is 0. The van der Waals surface area contributed by atoms with Gasteiger partial charge in [-0.15, -0.1) is 0 Å². The summed E-state index contributed by atoms with van der Waals surface area (Å²) in [7, 11) is 0. The van der Waals surface area contributed by atoms with E-state index >= 15 is 0 Å². The van der Waals surface area contributed by atoms with Crippen molar-refractivity contribution in [1.29, 1.82) is 0 Å². The molecule has 2 N–H and O–H groups in total. The summed E-state index contributed by atoms with van der Waals surface area (Å²) in [4.78, 5) is 3.66. The van der Waals surface area contributed by atoms with Gasteiger partial charge in [-0.2, -0.15) is 0 Å². The summed E-state index contributed by atoms with van der Waals surface area (Å²) in [5.41, 5.74) is 0.882. The van der Waals surface area contributed by atoms with Crippen molar-refractivity contribution in [3.63, 3.8) is 0 Å². The molecule has 12 heavy (non-hydrogen) atoms. The lowest BCUT2D eigenvalue weighted by atomic mass is 10.1. The molecule has 2 atom stereocenters. The molecule has 1 aromatic rings. The summed E-state index contributed by atoms with van der Waals surface area (Å²) in [6.45, 7) is 0. The average Bonchev–Trinajstić information content (AvgIpc) is 2.32. The Morgan fingerprint density at radius 3 is 2.92 bits per heavy atom. The van der Waals surface area contributed by atoms with Crippen molar-refractivity contribution in [2.24, 2.45) is 0 Å². The predicted molar refractivity (Wildman–Crippen MR) is 39.5 cm³/mol. The van der Waals surface area contributed by atoms with E-state index in [9.17, 15) is 14.6 Å². The Kier molecular flexibility index (Phi) is 1.51. The highest BCUT2D eigenvalue weighted by Gasteiger charge is 2.32. The molecular weight excluding hydrogens is 161 g/mol. The lowest BCUT2D eigenvalue weighted by Crippen LogP contribution is -2.06. The van der Waals surface area contributed by atoms with Gasteiger partial charge in [0.1, 0.15) is 18.0 Å². The highest BCUT2D eigenvalue weighted by Crippen LogP contribution is 2.36. The third-order valence-electron chi connectivity index (χ3n) is 2.13. The summed E-state index contributed by atoms with van der Waals surface area (Å²) in [5, 5.41) is 18.5. The SMILES string of the molecule is Oc1cncc2c1C[C@@H](F)C2O. The number of hydrogen-bond donors (Lipinski definition) is 2. The second kappa shape index (κ2) is 2.42. The average molecular weight is 169 g/mol. The molecule has 0 saturated heterocycles. The monoisotopic (exact) mass is 169 g/mol. The number of aromatic hydroxyl groups is 1. The van der Waals surface area contributed by atoms with Crippen molar-refractivity contribution in [2.45, 2.75) is 18.7 Å². The maximum atomic E-state index is 12.9. The van der Waals surface area contributed by atoms with Crippen molar-refractivity contribution in [1.82, 2.24) is 4.98 Å². The fourth-order valence-electron chi connectivity index (χ4n) is 1.47. The molecular formula is C8H8FNO2. The summed E-state index contributed by atoms with van der Waals surface area (Å²) >= 11 is 0. The van der Waals surface area contributed by atoms with Crippen LogP contribution < -0.4 is 0 Å². The lowest BCUT2D eigenvalue weighted by molar-refractivity contribution is 0.0924. The minimum absolute atomic E-state index is 0.0355. The van der Waals surface area contributed by atoms with Crippen LogP contribution in [0.2, 0.25) is 0 Å². The third kappa shape index (κ3) is 0.881. The number of aromatic nitrogens is 1. The van der Waals surface area contributed by atoms with Crippen molar-refractivity contribution in [3.05, 3.63) is 23.5 Å². The maximum Gasteiger partial charge on any atom is 0.137 e. The first-order valence-electron chi connectivity index (χ1n) is 3.68. The van der Waals surface area contributed by atoms with E-state index in [0.29, 0.717) is 11.1 Å². The maximum absolute atomic E-state index is 12.9. The number of aliphatic hydroxyl groups excluding tert-OH is 1. The van der Waals surface area contributed by atoms with Crippen LogP contribution in [0.1, 0.15) is 17.2 Å². The van der Waals surface area contributed by atoms with Crippen LogP contribution in [0, 0.1) is 0 Å². The number of alkyl halides is 1. The Bertz CT molecular complexity index is 316. The first-order chi connectivity index (χ1) is 5.70. The van der Waals surface area contributed by atoms with E-state index in [-0.39, 0.29) is 12.2 Å². The lowest BCUT2D eigenvalue weighted by Gasteiger charge is -2.04. The van der Waals surface area contributed by atoms with Crippen LogP contribution in [0.4, 0.5) is 4.39 Å². The molecule has 0 amide bonds. The molecule has 1 aliphatic rings. The van der Waals surface area contributed by atoms with Crippen LogP contribution in [-0.2, 0) is 6.42 Å². The normalized spacial score (nSPS) is 27.2. The molecule has 0 bridgehead atoms.